The summed E-state index contributed by atoms with van der Waals surface area (Å²) in [6, 6.07) is 1.57. The molecule has 0 aliphatic carbocycles. The highest BCUT2D eigenvalue weighted by atomic mass is 32.2. The molecule has 0 spiro atoms. The molecule has 6 nitrogen and oxygen atoms in total. The predicted molar refractivity (Wildman–Crippen MR) is 51.2 cm³/mol. The molecule has 5 N–H and O–H groups in total. The van der Waals surface area contributed by atoms with Crippen LogP contribution in [0.4, 0.5) is 0 Å². The van der Waals surface area contributed by atoms with Gasteiger partial charge >= 0.3 is 5.97 Å². The van der Waals surface area contributed by atoms with Gasteiger partial charge in [0.2, 0.25) is 11.8 Å². The fraction of sp³-hybridized carbons (Fsp3) is 0.286. The maximum absolute atomic E-state index is 10.4. The standard InChI is InChI=1S/C7H10N2O4S/c8-4(7(12)13)3-14-9-5(10)1-2-6(9)11/h1-2,4,10-11H,3,8H2,(H,12,13)/t4-/m0/s1. The summed E-state index contributed by atoms with van der Waals surface area (Å²) in [4.78, 5) is 10.4. The topological polar surface area (TPSA) is 109 Å². The number of aliphatic carboxylic acids is 1. The first kappa shape index (κ1) is 10.7. The summed E-state index contributed by atoms with van der Waals surface area (Å²) in [5.74, 6) is -1.36. The zero-order valence-electron chi connectivity index (χ0n) is 7.12. The molecule has 0 unspecified atom stereocenters. The average molecular weight is 218 g/mol. The molecule has 0 bridgehead atoms. The number of rotatable bonds is 4. The molecule has 0 amide bonds. The largest absolute Gasteiger partial charge is 0.494 e. The lowest BCUT2D eigenvalue weighted by Gasteiger charge is -2.07. The van der Waals surface area contributed by atoms with Crippen molar-refractivity contribution in [1.29, 1.82) is 0 Å². The average Bonchev–Trinajstić information content (AvgIpc) is 2.43. The Labute approximate surface area is 84.1 Å². The van der Waals surface area contributed by atoms with Crippen molar-refractivity contribution >= 4 is 17.9 Å². The second-order valence-corrected chi connectivity index (χ2v) is 3.54. The fourth-order valence-electron chi connectivity index (χ4n) is 0.760. The van der Waals surface area contributed by atoms with Gasteiger partial charge in [-0.2, -0.15) is 0 Å². The van der Waals surface area contributed by atoms with Gasteiger partial charge < -0.3 is 21.1 Å². The van der Waals surface area contributed by atoms with E-state index in [1.165, 1.54) is 12.1 Å². The van der Waals surface area contributed by atoms with Crippen LogP contribution in [0, 0.1) is 0 Å². The number of carbonyl (C=O) groups is 1. The molecule has 0 radical (unpaired) electrons. The number of hydrogen-bond donors (Lipinski definition) is 4. The van der Waals surface area contributed by atoms with Crippen LogP contribution in [0.25, 0.3) is 0 Å². The summed E-state index contributed by atoms with van der Waals surface area (Å²) in [5, 5.41) is 26.8. The van der Waals surface area contributed by atoms with Crippen molar-refractivity contribution in [3.8, 4) is 11.8 Å². The summed E-state index contributed by atoms with van der Waals surface area (Å²) in [6.07, 6.45) is 0. The van der Waals surface area contributed by atoms with Crippen molar-refractivity contribution < 1.29 is 20.1 Å². The van der Waals surface area contributed by atoms with Gasteiger partial charge in [0.15, 0.2) is 0 Å². The lowest BCUT2D eigenvalue weighted by Crippen LogP contribution is -2.32. The molecule has 14 heavy (non-hydrogen) atoms. The summed E-state index contributed by atoms with van der Waals surface area (Å²) in [7, 11) is 0. The van der Waals surface area contributed by atoms with Crippen LogP contribution in [0.2, 0.25) is 0 Å². The summed E-state index contributed by atoms with van der Waals surface area (Å²) in [6.45, 7) is 0. The van der Waals surface area contributed by atoms with Crippen molar-refractivity contribution in [2.24, 2.45) is 5.73 Å². The van der Waals surface area contributed by atoms with Gasteiger partial charge in [0.05, 0.1) is 0 Å². The molecule has 78 valence electrons. The molecule has 1 aromatic heterocycles. The zero-order valence-corrected chi connectivity index (χ0v) is 7.94. The van der Waals surface area contributed by atoms with Crippen LogP contribution < -0.4 is 5.73 Å². The molecule has 0 saturated carbocycles. The highest BCUT2D eigenvalue weighted by molar-refractivity contribution is 7.98. The van der Waals surface area contributed by atoms with E-state index in [0.29, 0.717) is 0 Å². The fourth-order valence-corrected chi connectivity index (χ4v) is 1.60. The number of carboxylic acid groups (broad SMARTS) is 1. The first-order valence-corrected chi connectivity index (χ1v) is 4.68. The van der Waals surface area contributed by atoms with Crippen LogP contribution >= 0.6 is 11.9 Å². The van der Waals surface area contributed by atoms with Gasteiger partial charge in [0, 0.05) is 17.9 Å². The van der Waals surface area contributed by atoms with Gasteiger partial charge in [0.25, 0.3) is 0 Å². The monoisotopic (exact) mass is 218 g/mol. The number of aromatic nitrogens is 1. The molecule has 1 aromatic rings. The van der Waals surface area contributed by atoms with E-state index in [-0.39, 0.29) is 17.5 Å². The van der Waals surface area contributed by atoms with Gasteiger partial charge in [-0.1, -0.05) is 0 Å². The number of hydrogen-bond acceptors (Lipinski definition) is 5. The van der Waals surface area contributed by atoms with Gasteiger partial charge in [-0.15, -0.1) is 0 Å². The molecular weight excluding hydrogens is 208 g/mol. The van der Waals surface area contributed by atoms with E-state index < -0.39 is 12.0 Å². The van der Waals surface area contributed by atoms with Gasteiger partial charge in [-0.05, 0) is 11.9 Å². The molecule has 1 heterocycles. The first-order chi connectivity index (χ1) is 6.52. The van der Waals surface area contributed by atoms with E-state index in [1.807, 2.05) is 0 Å². The Kier molecular flexibility index (Phi) is 3.26. The summed E-state index contributed by atoms with van der Waals surface area (Å²) >= 11 is 0.928. The minimum absolute atomic E-state index is 0.0606. The molecule has 1 atom stereocenters. The van der Waals surface area contributed by atoms with E-state index >= 15 is 0 Å². The Morgan fingerprint density at radius 1 is 1.50 bits per heavy atom. The van der Waals surface area contributed by atoms with Crippen LogP contribution in [0.3, 0.4) is 0 Å². The second kappa shape index (κ2) is 4.25. The number of aromatic hydroxyl groups is 2. The predicted octanol–water partition coefficient (Wildman–Crippen LogP) is -0.193. The highest BCUT2D eigenvalue weighted by Crippen LogP contribution is 2.27. The maximum Gasteiger partial charge on any atom is 0.321 e. The molecular formula is C7H10N2O4S. The van der Waals surface area contributed by atoms with Crippen LogP contribution in [0.1, 0.15) is 0 Å². The van der Waals surface area contributed by atoms with Crippen molar-refractivity contribution in [1.82, 2.24) is 3.97 Å². The van der Waals surface area contributed by atoms with Crippen molar-refractivity contribution in [2.45, 2.75) is 6.04 Å². The lowest BCUT2D eigenvalue weighted by atomic mass is 10.4. The lowest BCUT2D eigenvalue weighted by molar-refractivity contribution is -0.137. The number of nitrogens with zero attached hydrogens (tertiary/aromatic N) is 1. The third-order valence-electron chi connectivity index (χ3n) is 1.50. The third-order valence-corrected chi connectivity index (χ3v) is 2.64. The van der Waals surface area contributed by atoms with Crippen molar-refractivity contribution in [2.75, 3.05) is 5.75 Å². The minimum atomic E-state index is -1.12. The maximum atomic E-state index is 10.4. The van der Waals surface area contributed by atoms with E-state index in [4.69, 9.17) is 10.8 Å². The Morgan fingerprint density at radius 3 is 2.43 bits per heavy atom. The molecule has 0 aromatic carbocycles. The summed E-state index contributed by atoms with van der Waals surface area (Å²) < 4.78 is 1.10. The first-order valence-electron chi connectivity index (χ1n) is 3.73. The van der Waals surface area contributed by atoms with Crippen LogP contribution in [0.5, 0.6) is 11.8 Å². The molecule has 0 aliphatic heterocycles. The van der Waals surface area contributed by atoms with E-state index in [9.17, 15) is 15.0 Å². The third kappa shape index (κ3) is 2.33. The molecule has 0 aliphatic rings. The molecule has 1 rings (SSSR count). The second-order valence-electron chi connectivity index (χ2n) is 2.58. The quantitative estimate of drug-likeness (QED) is 0.557. The Bertz CT molecular complexity index is 319. The molecule has 0 fully saturated rings. The Balaban J connectivity index is 2.57. The van der Waals surface area contributed by atoms with E-state index in [0.717, 1.165) is 15.9 Å². The van der Waals surface area contributed by atoms with E-state index in [2.05, 4.69) is 0 Å². The zero-order chi connectivity index (χ0) is 10.7. The Morgan fingerprint density at radius 2 is 2.00 bits per heavy atom. The smallest absolute Gasteiger partial charge is 0.321 e. The highest BCUT2D eigenvalue weighted by Gasteiger charge is 2.14. The van der Waals surface area contributed by atoms with Crippen LogP contribution in [-0.4, -0.2) is 37.1 Å². The number of nitrogens with two attached hydrogens (primary N) is 1. The summed E-state index contributed by atoms with van der Waals surface area (Å²) in [5.41, 5.74) is 5.24. The Hall–Kier alpha value is -1.34. The molecule has 0 saturated heterocycles. The van der Waals surface area contributed by atoms with Crippen molar-refractivity contribution in [3.05, 3.63) is 12.1 Å². The SMILES string of the molecule is N[C@@H](CSn1c(O)ccc1O)C(=O)O. The van der Waals surface area contributed by atoms with Gasteiger partial charge in [-0.3, -0.25) is 4.79 Å². The number of carboxylic acids is 1. The van der Waals surface area contributed by atoms with Gasteiger partial charge in [0.1, 0.15) is 6.04 Å². The normalized spacial score (nSPS) is 12.6. The minimum Gasteiger partial charge on any atom is -0.494 e. The van der Waals surface area contributed by atoms with Crippen molar-refractivity contribution in [3.63, 3.8) is 0 Å². The van der Waals surface area contributed by atoms with Crippen LogP contribution in [-0.2, 0) is 4.79 Å². The van der Waals surface area contributed by atoms with E-state index in [1.54, 1.807) is 0 Å². The molecule has 7 heteroatoms. The van der Waals surface area contributed by atoms with Crippen LogP contribution in [0.15, 0.2) is 12.1 Å². The van der Waals surface area contributed by atoms with Gasteiger partial charge in [-0.25, -0.2) is 3.97 Å².